The molecule has 0 aliphatic heterocycles. The number of aliphatic hydroxyl groups excluding tert-OH is 2. The largest absolute Gasteiger partial charge is 0.491 e. The van der Waals surface area contributed by atoms with Gasteiger partial charge in [-0.25, -0.2) is 4.79 Å². The van der Waals surface area contributed by atoms with Gasteiger partial charge < -0.3 is 24.8 Å². The number of ether oxygens (including phenoxy) is 2. The zero-order valence-electron chi connectivity index (χ0n) is 18.7. The Labute approximate surface area is 189 Å². The maximum absolute atomic E-state index is 11.1. The standard InChI is InChI=1S/C24H36O6S/c1-17-10-12-18(13-11-17)30-15-24(2,28)16-31-23-19(20(25)14-21(23)26)8-6-4-5-7-9-22(27)29-3/h7,9-13,19-21,23,25-26,28H,4-6,8,14-16H2,1-3H3/t19-,20?,21?,23+,24?/m0/s1. The molecule has 0 saturated heterocycles. The number of aliphatic hydroxyl groups is 3. The van der Waals surface area contributed by atoms with Crippen LogP contribution in [0.5, 0.6) is 5.75 Å². The Morgan fingerprint density at radius 1 is 1.23 bits per heavy atom. The summed E-state index contributed by atoms with van der Waals surface area (Å²) in [7, 11) is 1.35. The first-order chi connectivity index (χ1) is 14.7. The van der Waals surface area contributed by atoms with E-state index in [2.05, 4.69) is 4.74 Å². The molecule has 0 bridgehead atoms. The normalized spacial score (nSPS) is 25.5. The lowest BCUT2D eigenvalue weighted by atomic mass is 9.97. The second-order valence-electron chi connectivity index (χ2n) is 8.62. The van der Waals surface area contributed by atoms with Gasteiger partial charge in [-0.05, 0) is 51.2 Å². The van der Waals surface area contributed by atoms with Gasteiger partial charge in [0.1, 0.15) is 18.0 Å². The fraction of sp³-hybridized carbons (Fsp3) is 0.625. The Morgan fingerprint density at radius 3 is 2.61 bits per heavy atom. The number of thioether (sulfide) groups is 1. The molecule has 0 spiro atoms. The second-order valence-corrected chi connectivity index (χ2v) is 9.78. The lowest BCUT2D eigenvalue weighted by Gasteiger charge is -2.28. The summed E-state index contributed by atoms with van der Waals surface area (Å²) in [5.74, 6) is 0.750. The van der Waals surface area contributed by atoms with Gasteiger partial charge in [-0.2, -0.15) is 11.8 Å². The molecule has 174 valence electrons. The highest BCUT2D eigenvalue weighted by atomic mass is 32.2. The topological polar surface area (TPSA) is 96.2 Å². The molecule has 0 heterocycles. The number of esters is 1. The minimum Gasteiger partial charge on any atom is -0.491 e. The van der Waals surface area contributed by atoms with E-state index in [1.54, 1.807) is 13.0 Å². The third-order valence-electron chi connectivity index (χ3n) is 5.55. The first kappa shape index (κ1) is 25.7. The summed E-state index contributed by atoms with van der Waals surface area (Å²) in [4.78, 5) is 11.1. The van der Waals surface area contributed by atoms with E-state index in [0.29, 0.717) is 17.9 Å². The zero-order valence-corrected chi connectivity index (χ0v) is 19.5. The highest BCUT2D eigenvalue weighted by Crippen LogP contribution is 2.39. The summed E-state index contributed by atoms with van der Waals surface area (Å²) in [6.07, 6.45) is 5.82. The van der Waals surface area contributed by atoms with E-state index < -0.39 is 17.8 Å². The molecular weight excluding hydrogens is 416 g/mol. The van der Waals surface area contributed by atoms with Crippen LogP contribution in [0.4, 0.5) is 0 Å². The maximum atomic E-state index is 11.1. The van der Waals surface area contributed by atoms with Gasteiger partial charge in [-0.3, -0.25) is 0 Å². The fourth-order valence-corrected chi connectivity index (χ4v) is 5.27. The lowest BCUT2D eigenvalue weighted by molar-refractivity contribution is -0.134. The molecule has 0 radical (unpaired) electrons. The van der Waals surface area contributed by atoms with Crippen LogP contribution in [0.25, 0.3) is 0 Å². The molecule has 5 atom stereocenters. The van der Waals surface area contributed by atoms with E-state index in [-0.39, 0.29) is 23.7 Å². The Hall–Kier alpha value is -1.54. The fourth-order valence-electron chi connectivity index (χ4n) is 3.73. The van der Waals surface area contributed by atoms with Crippen molar-refractivity contribution in [3.63, 3.8) is 0 Å². The smallest absolute Gasteiger partial charge is 0.330 e. The van der Waals surface area contributed by atoms with E-state index in [4.69, 9.17) is 4.74 Å². The quantitative estimate of drug-likeness (QED) is 0.254. The van der Waals surface area contributed by atoms with Gasteiger partial charge >= 0.3 is 5.97 Å². The number of rotatable bonds is 12. The molecule has 0 aromatic heterocycles. The lowest BCUT2D eigenvalue weighted by Crippen LogP contribution is -2.37. The third-order valence-corrected chi connectivity index (χ3v) is 7.39. The van der Waals surface area contributed by atoms with Crippen molar-refractivity contribution in [2.24, 2.45) is 5.92 Å². The first-order valence-corrected chi connectivity index (χ1v) is 11.9. The molecule has 2 rings (SSSR count). The summed E-state index contributed by atoms with van der Waals surface area (Å²) in [6, 6.07) is 7.69. The first-order valence-electron chi connectivity index (χ1n) is 10.9. The van der Waals surface area contributed by atoms with Crippen molar-refractivity contribution in [2.75, 3.05) is 19.5 Å². The number of methoxy groups -OCH3 is 1. The van der Waals surface area contributed by atoms with Crippen molar-refractivity contribution in [3.05, 3.63) is 42.0 Å². The predicted molar refractivity (Wildman–Crippen MR) is 123 cm³/mol. The Bertz CT molecular complexity index is 703. The highest BCUT2D eigenvalue weighted by Gasteiger charge is 2.42. The maximum Gasteiger partial charge on any atom is 0.330 e. The van der Waals surface area contributed by atoms with Crippen molar-refractivity contribution < 1.29 is 29.6 Å². The molecule has 3 unspecified atom stereocenters. The molecule has 1 aromatic carbocycles. The zero-order chi connectivity index (χ0) is 22.9. The van der Waals surface area contributed by atoms with E-state index in [1.807, 2.05) is 31.2 Å². The van der Waals surface area contributed by atoms with Crippen LogP contribution >= 0.6 is 11.8 Å². The number of unbranched alkanes of at least 4 members (excludes halogenated alkanes) is 2. The van der Waals surface area contributed by atoms with Crippen LogP contribution in [0, 0.1) is 12.8 Å². The summed E-state index contributed by atoms with van der Waals surface area (Å²) in [5, 5.41) is 31.5. The van der Waals surface area contributed by atoms with Crippen LogP contribution in [0.3, 0.4) is 0 Å². The van der Waals surface area contributed by atoms with Gasteiger partial charge in [-0.1, -0.05) is 30.2 Å². The predicted octanol–water partition coefficient (Wildman–Crippen LogP) is 3.26. The van der Waals surface area contributed by atoms with Crippen molar-refractivity contribution in [2.45, 2.75) is 69.0 Å². The van der Waals surface area contributed by atoms with E-state index >= 15 is 0 Å². The molecular formula is C24H36O6S. The number of benzene rings is 1. The minimum atomic E-state index is -1.05. The molecule has 1 saturated carbocycles. The molecule has 3 N–H and O–H groups in total. The van der Waals surface area contributed by atoms with Gasteiger partial charge in [0.15, 0.2) is 0 Å². The number of aryl methyl sites for hydroxylation is 1. The Morgan fingerprint density at radius 2 is 1.94 bits per heavy atom. The van der Waals surface area contributed by atoms with Crippen molar-refractivity contribution >= 4 is 17.7 Å². The summed E-state index contributed by atoms with van der Waals surface area (Å²) < 4.78 is 10.3. The summed E-state index contributed by atoms with van der Waals surface area (Å²) in [5.41, 5.74) is 0.0976. The van der Waals surface area contributed by atoms with Crippen molar-refractivity contribution in [3.8, 4) is 5.75 Å². The SMILES string of the molecule is COC(=O)C=CCCCC[C@H]1C(O)CC(O)[C@@H]1SCC(C)(O)COc1ccc(C)cc1. The third kappa shape index (κ3) is 8.85. The Balaban J connectivity index is 1.78. The van der Waals surface area contributed by atoms with E-state index in [9.17, 15) is 20.1 Å². The van der Waals surface area contributed by atoms with Gasteiger partial charge in [0.2, 0.25) is 0 Å². The van der Waals surface area contributed by atoms with E-state index in [0.717, 1.165) is 31.2 Å². The highest BCUT2D eigenvalue weighted by molar-refractivity contribution is 8.00. The van der Waals surface area contributed by atoms with Gasteiger partial charge in [-0.15, -0.1) is 0 Å². The van der Waals surface area contributed by atoms with Crippen LogP contribution in [-0.4, -0.2) is 63.8 Å². The average Bonchev–Trinajstić information content (AvgIpc) is 3.00. The van der Waals surface area contributed by atoms with E-state index in [1.165, 1.54) is 24.9 Å². The second kappa shape index (κ2) is 12.5. The van der Waals surface area contributed by atoms with Gasteiger partial charge in [0.05, 0.1) is 19.3 Å². The van der Waals surface area contributed by atoms with Crippen LogP contribution in [0.1, 0.15) is 44.6 Å². The Kier molecular flexibility index (Phi) is 10.4. The molecule has 1 aromatic rings. The molecule has 7 heteroatoms. The van der Waals surface area contributed by atoms with Crippen molar-refractivity contribution in [1.82, 2.24) is 0 Å². The number of allylic oxidation sites excluding steroid dienone is 1. The number of carbonyl (C=O) groups is 1. The molecule has 6 nitrogen and oxygen atoms in total. The average molecular weight is 453 g/mol. The van der Waals surface area contributed by atoms with Crippen LogP contribution < -0.4 is 4.74 Å². The molecule has 1 aliphatic rings. The molecule has 1 fully saturated rings. The van der Waals surface area contributed by atoms with Crippen LogP contribution in [0.2, 0.25) is 0 Å². The van der Waals surface area contributed by atoms with Crippen LogP contribution in [-0.2, 0) is 9.53 Å². The van der Waals surface area contributed by atoms with Gasteiger partial charge in [0, 0.05) is 23.5 Å². The monoisotopic (exact) mass is 452 g/mol. The minimum absolute atomic E-state index is 0.0154. The molecule has 31 heavy (non-hydrogen) atoms. The number of carbonyl (C=O) groups excluding carboxylic acids is 1. The van der Waals surface area contributed by atoms with Gasteiger partial charge in [0.25, 0.3) is 0 Å². The number of hydrogen-bond donors (Lipinski definition) is 3. The summed E-state index contributed by atoms with van der Waals surface area (Å²) in [6.45, 7) is 3.90. The molecule has 0 amide bonds. The van der Waals surface area contributed by atoms with Crippen LogP contribution in [0.15, 0.2) is 36.4 Å². The number of hydrogen-bond acceptors (Lipinski definition) is 7. The molecule has 1 aliphatic carbocycles. The van der Waals surface area contributed by atoms with Crippen molar-refractivity contribution in [1.29, 1.82) is 0 Å². The summed E-state index contributed by atoms with van der Waals surface area (Å²) >= 11 is 1.51.